The molecule has 16 heavy (non-hydrogen) atoms. The molecule has 1 fully saturated rings. The lowest BCUT2D eigenvalue weighted by Crippen LogP contribution is -2.25. The fourth-order valence-corrected chi connectivity index (χ4v) is 2.00. The molecule has 0 bridgehead atoms. The molecular weight excluding hydrogens is 198 g/mol. The summed E-state index contributed by atoms with van der Waals surface area (Å²) in [4.78, 5) is 2.46. The summed E-state index contributed by atoms with van der Waals surface area (Å²) in [5.74, 6) is 0.949. The molecule has 1 aliphatic heterocycles. The van der Waals surface area contributed by atoms with Gasteiger partial charge in [-0.2, -0.15) is 0 Å². The highest BCUT2D eigenvalue weighted by atomic mass is 16.5. The first kappa shape index (κ1) is 11.2. The number of likely N-dealkylation sites (tertiary alicyclic amines) is 1. The van der Waals surface area contributed by atoms with Gasteiger partial charge in [0, 0.05) is 6.54 Å². The zero-order valence-corrected chi connectivity index (χ0v) is 9.69. The van der Waals surface area contributed by atoms with Crippen LogP contribution in [-0.2, 0) is 0 Å². The second-order valence-electron chi connectivity index (χ2n) is 4.17. The van der Waals surface area contributed by atoms with Crippen molar-refractivity contribution in [1.82, 2.24) is 4.90 Å². The Hall–Kier alpha value is -1.28. The number of rotatable bonds is 5. The molecule has 1 aliphatic rings. The Labute approximate surface area is 97.5 Å². The van der Waals surface area contributed by atoms with E-state index in [2.05, 4.69) is 11.5 Å². The van der Waals surface area contributed by atoms with Gasteiger partial charge in [-0.15, -0.1) is 0 Å². The lowest BCUT2D eigenvalue weighted by atomic mass is 10.2. The van der Waals surface area contributed by atoms with Crippen LogP contribution in [0, 0.1) is 0 Å². The minimum Gasteiger partial charge on any atom is -0.492 e. The molecule has 0 spiro atoms. The van der Waals surface area contributed by atoms with Crippen LogP contribution in [-0.4, -0.2) is 31.1 Å². The topological polar surface area (TPSA) is 12.5 Å². The molecule has 1 aromatic rings. The van der Waals surface area contributed by atoms with Crippen LogP contribution in [0.3, 0.4) is 0 Å². The van der Waals surface area contributed by atoms with Crippen LogP contribution in [0.5, 0.6) is 5.75 Å². The predicted octanol–water partition coefficient (Wildman–Crippen LogP) is 2.80. The third-order valence-electron chi connectivity index (χ3n) is 2.99. The van der Waals surface area contributed by atoms with E-state index in [0.717, 1.165) is 24.5 Å². The van der Waals surface area contributed by atoms with E-state index < -0.39 is 0 Å². The van der Waals surface area contributed by atoms with E-state index >= 15 is 0 Å². The summed E-state index contributed by atoms with van der Waals surface area (Å²) in [5, 5.41) is 0. The van der Waals surface area contributed by atoms with Crippen LogP contribution in [0.1, 0.15) is 18.4 Å². The third-order valence-corrected chi connectivity index (χ3v) is 2.99. The smallest absolute Gasteiger partial charge is 0.119 e. The zero-order chi connectivity index (χ0) is 11.2. The first-order valence-corrected chi connectivity index (χ1v) is 5.96. The van der Waals surface area contributed by atoms with Crippen LogP contribution in [0.15, 0.2) is 30.8 Å². The van der Waals surface area contributed by atoms with Gasteiger partial charge in [0.15, 0.2) is 0 Å². The van der Waals surface area contributed by atoms with Gasteiger partial charge in [0.1, 0.15) is 12.4 Å². The maximum Gasteiger partial charge on any atom is 0.119 e. The molecule has 2 nitrogen and oxygen atoms in total. The van der Waals surface area contributed by atoms with E-state index in [-0.39, 0.29) is 0 Å². The first-order chi connectivity index (χ1) is 7.88. The van der Waals surface area contributed by atoms with Gasteiger partial charge in [0.2, 0.25) is 0 Å². The number of nitrogens with zero attached hydrogens (tertiary/aromatic N) is 1. The second kappa shape index (κ2) is 5.71. The molecule has 2 rings (SSSR count). The van der Waals surface area contributed by atoms with Crippen LogP contribution in [0.4, 0.5) is 0 Å². The summed E-state index contributed by atoms with van der Waals surface area (Å²) in [6.07, 6.45) is 4.52. The van der Waals surface area contributed by atoms with Gasteiger partial charge in [-0.3, -0.25) is 4.90 Å². The van der Waals surface area contributed by atoms with Crippen LogP contribution in [0.25, 0.3) is 6.08 Å². The van der Waals surface area contributed by atoms with Gasteiger partial charge in [0.25, 0.3) is 0 Å². The summed E-state index contributed by atoms with van der Waals surface area (Å²) < 4.78 is 5.69. The van der Waals surface area contributed by atoms with Crippen molar-refractivity contribution < 1.29 is 4.74 Å². The lowest BCUT2D eigenvalue weighted by Gasteiger charge is -2.14. The Morgan fingerprint density at radius 1 is 1.19 bits per heavy atom. The number of hydrogen-bond donors (Lipinski definition) is 0. The number of ether oxygens (including phenoxy) is 1. The SMILES string of the molecule is C=Cc1ccc(OCCN2CCCC2)cc1. The summed E-state index contributed by atoms with van der Waals surface area (Å²) in [6, 6.07) is 8.05. The highest BCUT2D eigenvalue weighted by molar-refractivity contribution is 5.48. The Morgan fingerprint density at radius 3 is 2.50 bits per heavy atom. The predicted molar refractivity (Wildman–Crippen MR) is 67.7 cm³/mol. The van der Waals surface area contributed by atoms with Gasteiger partial charge < -0.3 is 4.74 Å². The summed E-state index contributed by atoms with van der Waals surface area (Å²) >= 11 is 0. The first-order valence-electron chi connectivity index (χ1n) is 5.96. The minimum absolute atomic E-state index is 0.785. The van der Waals surface area contributed by atoms with Gasteiger partial charge in [-0.25, -0.2) is 0 Å². The number of hydrogen-bond acceptors (Lipinski definition) is 2. The normalized spacial score (nSPS) is 16.2. The van der Waals surface area contributed by atoms with Crippen molar-refractivity contribution in [3.8, 4) is 5.75 Å². The van der Waals surface area contributed by atoms with E-state index in [4.69, 9.17) is 4.74 Å². The molecule has 0 atom stereocenters. The maximum atomic E-state index is 5.69. The summed E-state index contributed by atoms with van der Waals surface area (Å²) in [7, 11) is 0. The van der Waals surface area contributed by atoms with E-state index in [1.165, 1.54) is 25.9 Å². The molecule has 0 N–H and O–H groups in total. The van der Waals surface area contributed by atoms with Gasteiger partial charge >= 0.3 is 0 Å². The van der Waals surface area contributed by atoms with Gasteiger partial charge in [-0.05, 0) is 43.6 Å². The van der Waals surface area contributed by atoms with Crippen LogP contribution in [0.2, 0.25) is 0 Å². The second-order valence-corrected chi connectivity index (χ2v) is 4.17. The quantitative estimate of drug-likeness (QED) is 0.752. The Morgan fingerprint density at radius 2 is 1.88 bits per heavy atom. The number of benzene rings is 1. The standard InChI is InChI=1S/C14H19NO/c1-2-13-5-7-14(8-6-13)16-12-11-15-9-3-4-10-15/h2,5-8H,1,3-4,9-12H2. The molecule has 2 heteroatoms. The van der Waals surface area contributed by atoms with Crippen LogP contribution >= 0.6 is 0 Å². The van der Waals surface area contributed by atoms with Crippen molar-refractivity contribution in [2.24, 2.45) is 0 Å². The molecule has 1 aromatic carbocycles. The highest BCUT2D eigenvalue weighted by Crippen LogP contribution is 2.13. The molecule has 0 radical (unpaired) electrons. The molecule has 1 saturated heterocycles. The lowest BCUT2D eigenvalue weighted by molar-refractivity contribution is 0.238. The minimum atomic E-state index is 0.785. The Kier molecular flexibility index (Phi) is 4.00. The third kappa shape index (κ3) is 3.11. The van der Waals surface area contributed by atoms with Crippen LogP contribution < -0.4 is 4.74 Å². The van der Waals surface area contributed by atoms with Crippen molar-refractivity contribution in [2.75, 3.05) is 26.2 Å². The van der Waals surface area contributed by atoms with Gasteiger partial charge in [-0.1, -0.05) is 24.8 Å². The van der Waals surface area contributed by atoms with E-state index in [1.54, 1.807) is 0 Å². The monoisotopic (exact) mass is 217 g/mol. The average molecular weight is 217 g/mol. The van der Waals surface area contributed by atoms with Crippen molar-refractivity contribution >= 4 is 6.08 Å². The molecule has 0 aliphatic carbocycles. The largest absolute Gasteiger partial charge is 0.492 e. The van der Waals surface area contributed by atoms with Gasteiger partial charge in [0.05, 0.1) is 0 Å². The Balaban J connectivity index is 1.73. The highest BCUT2D eigenvalue weighted by Gasteiger charge is 2.10. The summed E-state index contributed by atoms with van der Waals surface area (Å²) in [6.45, 7) is 8.03. The molecule has 86 valence electrons. The fraction of sp³-hybridized carbons (Fsp3) is 0.429. The van der Waals surface area contributed by atoms with Crippen molar-refractivity contribution in [1.29, 1.82) is 0 Å². The van der Waals surface area contributed by atoms with E-state index in [0.29, 0.717) is 0 Å². The average Bonchev–Trinajstić information content (AvgIpc) is 2.83. The van der Waals surface area contributed by atoms with Crippen molar-refractivity contribution in [2.45, 2.75) is 12.8 Å². The van der Waals surface area contributed by atoms with Crippen molar-refractivity contribution in [3.05, 3.63) is 36.4 Å². The molecule has 0 aromatic heterocycles. The van der Waals surface area contributed by atoms with E-state index in [9.17, 15) is 0 Å². The molecule has 0 unspecified atom stereocenters. The summed E-state index contributed by atoms with van der Waals surface area (Å²) in [5.41, 5.74) is 1.13. The maximum absolute atomic E-state index is 5.69. The zero-order valence-electron chi connectivity index (χ0n) is 9.69. The molecule has 1 heterocycles. The van der Waals surface area contributed by atoms with Crippen molar-refractivity contribution in [3.63, 3.8) is 0 Å². The molecular formula is C14H19NO. The fourth-order valence-electron chi connectivity index (χ4n) is 2.00. The molecule has 0 saturated carbocycles. The van der Waals surface area contributed by atoms with E-state index in [1.807, 2.05) is 30.3 Å². The molecule has 0 amide bonds. The Bertz CT molecular complexity index is 325.